The number of para-hydroxylation sites is 1. The summed E-state index contributed by atoms with van der Waals surface area (Å²) in [5.41, 5.74) is 8.23. The van der Waals surface area contributed by atoms with Gasteiger partial charge in [-0.2, -0.15) is 0 Å². The highest BCUT2D eigenvalue weighted by Crippen LogP contribution is 2.33. The molecule has 0 fully saturated rings. The molecule has 112 valence electrons. The minimum atomic E-state index is -0.322. The van der Waals surface area contributed by atoms with E-state index in [1.807, 2.05) is 42.5 Å². The summed E-state index contributed by atoms with van der Waals surface area (Å²) in [6, 6.07) is 13.0. The minimum absolute atomic E-state index is 0.322. The third kappa shape index (κ3) is 4.20. The average molecular weight is 371 g/mol. The van der Waals surface area contributed by atoms with E-state index in [9.17, 15) is 0 Å². The van der Waals surface area contributed by atoms with Gasteiger partial charge in [-0.05, 0) is 29.8 Å². The first-order valence-corrected chi connectivity index (χ1v) is 7.71. The SMILES string of the molecule is COCCOc1ccccc1C(N)c1cc(Cl)ccc1Br. The molecule has 0 bridgehead atoms. The molecule has 21 heavy (non-hydrogen) atoms. The molecule has 0 aliphatic carbocycles. The smallest absolute Gasteiger partial charge is 0.124 e. The van der Waals surface area contributed by atoms with Crippen LogP contribution in [-0.2, 0) is 4.74 Å². The summed E-state index contributed by atoms with van der Waals surface area (Å²) < 4.78 is 11.7. The van der Waals surface area contributed by atoms with E-state index in [0.717, 1.165) is 21.3 Å². The molecule has 1 unspecified atom stereocenters. The van der Waals surface area contributed by atoms with Gasteiger partial charge in [0.1, 0.15) is 12.4 Å². The summed E-state index contributed by atoms with van der Waals surface area (Å²) >= 11 is 9.58. The molecule has 0 spiro atoms. The number of rotatable bonds is 6. The lowest BCUT2D eigenvalue weighted by Crippen LogP contribution is -2.15. The van der Waals surface area contributed by atoms with E-state index in [1.54, 1.807) is 7.11 Å². The van der Waals surface area contributed by atoms with Crippen LogP contribution in [0.5, 0.6) is 5.75 Å². The van der Waals surface area contributed by atoms with E-state index in [2.05, 4.69) is 15.9 Å². The van der Waals surface area contributed by atoms with Crippen molar-refractivity contribution in [2.45, 2.75) is 6.04 Å². The zero-order valence-electron chi connectivity index (χ0n) is 11.7. The molecule has 2 aromatic rings. The Balaban J connectivity index is 2.30. The van der Waals surface area contributed by atoms with Crippen LogP contribution in [0.3, 0.4) is 0 Å². The Hall–Kier alpha value is -1.07. The molecule has 0 amide bonds. The molecular weight excluding hydrogens is 354 g/mol. The van der Waals surface area contributed by atoms with Crippen molar-refractivity contribution >= 4 is 27.5 Å². The van der Waals surface area contributed by atoms with Gasteiger partial charge in [0.2, 0.25) is 0 Å². The molecule has 0 heterocycles. The quantitative estimate of drug-likeness (QED) is 0.776. The third-order valence-electron chi connectivity index (χ3n) is 3.09. The van der Waals surface area contributed by atoms with Crippen LogP contribution >= 0.6 is 27.5 Å². The lowest BCUT2D eigenvalue weighted by molar-refractivity contribution is 0.145. The summed E-state index contributed by atoms with van der Waals surface area (Å²) in [6.45, 7) is 1.02. The Labute approximate surface area is 138 Å². The zero-order chi connectivity index (χ0) is 15.2. The predicted molar refractivity (Wildman–Crippen MR) is 89.0 cm³/mol. The number of hydrogen-bond donors (Lipinski definition) is 1. The number of nitrogens with two attached hydrogens (primary N) is 1. The minimum Gasteiger partial charge on any atom is -0.491 e. The fraction of sp³-hybridized carbons (Fsp3) is 0.250. The molecule has 0 saturated carbocycles. The lowest BCUT2D eigenvalue weighted by atomic mass is 9.99. The summed E-state index contributed by atoms with van der Waals surface area (Å²) in [5.74, 6) is 0.758. The summed E-state index contributed by atoms with van der Waals surface area (Å²) in [7, 11) is 1.64. The number of ether oxygens (including phenoxy) is 2. The lowest BCUT2D eigenvalue weighted by Gasteiger charge is -2.18. The van der Waals surface area contributed by atoms with Crippen molar-refractivity contribution in [3.05, 3.63) is 63.1 Å². The molecular formula is C16H17BrClNO2. The van der Waals surface area contributed by atoms with E-state index >= 15 is 0 Å². The van der Waals surface area contributed by atoms with E-state index in [1.165, 1.54) is 0 Å². The first-order chi connectivity index (χ1) is 10.1. The molecule has 0 aliphatic heterocycles. The number of halogens is 2. The zero-order valence-corrected chi connectivity index (χ0v) is 14.0. The maximum absolute atomic E-state index is 6.39. The van der Waals surface area contributed by atoms with Gasteiger partial charge in [-0.25, -0.2) is 0 Å². The van der Waals surface area contributed by atoms with Crippen LogP contribution in [0.2, 0.25) is 5.02 Å². The molecule has 2 rings (SSSR count). The fourth-order valence-electron chi connectivity index (χ4n) is 2.02. The number of benzene rings is 2. The van der Waals surface area contributed by atoms with Crippen molar-refractivity contribution in [3.63, 3.8) is 0 Å². The van der Waals surface area contributed by atoms with Crippen molar-refractivity contribution in [1.29, 1.82) is 0 Å². The van der Waals surface area contributed by atoms with Crippen LogP contribution in [0.25, 0.3) is 0 Å². The van der Waals surface area contributed by atoms with Gasteiger partial charge in [-0.15, -0.1) is 0 Å². The van der Waals surface area contributed by atoms with Crippen molar-refractivity contribution in [2.24, 2.45) is 5.73 Å². The Morgan fingerprint density at radius 1 is 1.14 bits per heavy atom. The van der Waals surface area contributed by atoms with Crippen molar-refractivity contribution < 1.29 is 9.47 Å². The Morgan fingerprint density at radius 3 is 2.67 bits per heavy atom. The molecule has 3 nitrogen and oxygen atoms in total. The van der Waals surface area contributed by atoms with Gasteiger partial charge in [-0.3, -0.25) is 0 Å². The highest BCUT2D eigenvalue weighted by Gasteiger charge is 2.16. The second-order valence-corrected chi connectivity index (χ2v) is 5.81. The van der Waals surface area contributed by atoms with Crippen molar-refractivity contribution in [2.75, 3.05) is 20.3 Å². The largest absolute Gasteiger partial charge is 0.491 e. The van der Waals surface area contributed by atoms with Crippen LogP contribution in [0, 0.1) is 0 Å². The van der Waals surface area contributed by atoms with Gasteiger partial charge < -0.3 is 15.2 Å². The maximum Gasteiger partial charge on any atom is 0.124 e. The molecule has 0 radical (unpaired) electrons. The summed E-state index contributed by atoms with van der Waals surface area (Å²) in [4.78, 5) is 0. The average Bonchev–Trinajstić information content (AvgIpc) is 2.50. The number of hydrogen-bond acceptors (Lipinski definition) is 3. The highest BCUT2D eigenvalue weighted by atomic mass is 79.9. The first-order valence-electron chi connectivity index (χ1n) is 6.54. The van der Waals surface area contributed by atoms with Crippen LogP contribution < -0.4 is 10.5 Å². The summed E-state index contributed by atoms with van der Waals surface area (Å²) in [5, 5.41) is 0.654. The fourth-order valence-corrected chi connectivity index (χ4v) is 2.70. The maximum atomic E-state index is 6.39. The Bertz CT molecular complexity index is 607. The topological polar surface area (TPSA) is 44.5 Å². The van der Waals surface area contributed by atoms with E-state index in [0.29, 0.717) is 18.2 Å². The van der Waals surface area contributed by atoms with Gasteiger partial charge in [0.25, 0.3) is 0 Å². The Morgan fingerprint density at radius 2 is 1.90 bits per heavy atom. The normalized spacial score (nSPS) is 12.2. The van der Waals surface area contributed by atoms with Crippen LogP contribution in [0.15, 0.2) is 46.9 Å². The molecule has 2 aromatic carbocycles. The van der Waals surface area contributed by atoms with E-state index in [-0.39, 0.29) is 6.04 Å². The van der Waals surface area contributed by atoms with Gasteiger partial charge in [0.05, 0.1) is 12.6 Å². The monoisotopic (exact) mass is 369 g/mol. The van der Waals surface area contributed by atoms with Crippen LogP contribution in [0.1, 0.15) is 17.2 Å². The van der Waals surface area contributed by atoms with Crippen LogP contribution in [-0.4, -0.2) is 20.3 Å². The molecule has 2 N–H and O–H groups in total. The van der Waals surface area contributed by atoms with Gasteiger partial charge in [0, 0.05) is 22.2 Å². The van der Waals surface area contributed by atoms with E-state index < -0.39 is 0 Å². The molecule has 1 atom stereocenters. The summed E-state index contributed by atoms with van der Waals surface area (Å²) in [6.07, 6.45) is 0. The molecule has 0 aliphatic rings. The highest BCUT2D eigenvalue weighted by molar-refractivity contribution is 9.10. The van der Waals surface area contributed by atoms with Gasteiger partial charge in [-0.1, -0.05) is 45.7 Å². The third-order valence-corrected chi connectivity index (χ3v) is 4.05. The molecule has 0 aromatic heterocycles. The van der Waals surface area contributed by atoms with Crippen LogP contribution in [0.4, 0.5) is 0 Å². The molecule has 5 heteroatoms. The van der Waals surface area contributed by atoms with Gasteiger partial charge in [0.15, 0.2) is 0 Å². The van der Waals surface area contributed by atoms with Crippen molar-refractivity contribution in [1.82, 2.24) is 0 Å². The predicted octanol–water partition coefficient (Wildman–Crippen LogP) is 4.18. The first kappa shape index (κ1) is 16.3. The second-order valence-electron chi connectivity index (χ2n) is 4.52. The van der Waals surface area contributed by atoms with E-state index in [4.69, 9.17) is 26.8 Å². The number of methoxy groups -OCH3 is 1. The Kier molecular flexibility index (Phi) is 6.06. The van der Waals surface area contributed by atoms with Gasteiger partial charge >= 0.3 is 0 Å². The van der Waals surface area contributed by atoms with Crippen molar-refractivity contribution in [3.8, 4) is 5.75 Å². The second kappa shape index (κ2) is 7.80. The standard InChI is InChI=1S/C16H17BrClNO2/c1-20-8-9-21-15-5-3-2-4-12(15)16(19)13-10-11(18)6-7-14(13)17/h2-7,10,16H,8-9,19H2,1H3. The molecule has 0 saturated heterocycles.